The Kier molecular flexibility index (Phi) is 7.43. The van der Waals surface area contributed by atoms with Crippen LogP contribution in [-0.2, 0) is 10.0 Å². The first kappa shape index (κ1) is 17.9. The zero-order chi connectivity index (χ0) is 15.2. The second kappa shape index (κ2) is 8.32. The minimum absolute atomic E-state index is 0.262. The predicted octanol–water partition coefficient (Wildman–Crippen LogP) is 1.12. The van der Waals surface area contributed by atoms with Crippen LogP contribution in [0, 0.1) is 0 Å². The van der Waals surface area contributed by atoms with Crippen molar-refractivity contribution >= 4 is 10.0 Å². The van der Waals surface area contributed by atoms with Crippen LogP contribution in [0.1, 0.15) is 40.5 Å². The third kappa shape index (κ3) is 5.31. The molecule has 0 aromatic heterocycles. The lowest BCUT2D eigenvalue weighted by molar-refractivity contribution is 0.224. The van der Waals surface area contributed by atoms with E-state index in [1.807, 2.05) is 0 Å². The molecule has 0 radical (unpaired) electrons. The van der Waals surface area contributed by atoms with Gasteiger partial charge in [0.05, 0.1) is 5.75 Å². The molecule has 1 fully saturated rings. The summed E-state index contributed by atoms with van der Waals surface area (Å²) in [6.07, 6.45) is 1.65. The highest BCUT2D eigenvalue weighted by Gasteiger charge is 2.32. The van der Waals surface area contributed by atoms with Gasteiger partial charge in [-0.2, -0.15) is 0 Å². The van der Waals surface area contributed by atoms with E-state index in [0.717, 1.165) is 26.1 Å². The van der Waals surface area contributed by atoms with Crippen molar-refractivity contribution in [3.05, 3.63) is 0 Å². The van der Waals surface area contributed by atoms with Crippen molar-refractivity contribution in [3.63, 3.8) is 0 Å². The van der Waals surface area contributed by atoms with E-state index in [-0.39, 0.29) is 5.75 Å². The normalized spacial score (nSPS) is 21.2. The smallest absolute Gasteiger partial charge is 0.214 e. The van der Waals surface area contributed by atoms with Crippen molar-refractivity contribution < 1.29 is 8.42 Å². The van der Waals surface area contributed by atoms with E-state index >= 15 is 0 Å². The molecule has 1 aliphatic heterocycles. The van der Waals surface area contributed by atoms with Gasteiger partial charge in [-0.1, -0.05) is 27.7 Å². The summed E-state index contributed by atoms with van der Waals surface area (Å²) < 4.78 is 26.3. The fraction of sp³-hybridized carbons (Fsp3) is 1.00. The first-order valence-electron chi connectivity index (χ1n) is 7.86. The maximum Gasteiger partial charge on any atom is 0.214 e. The third-order valence-electron chi connectivity index (χ3n) is 3.98. The van der Waals surface area contributed by atoms with Crippen LogP contribution in [0.3, 0.4) is 0 Å². The Labute approximate surface area is 124 Å². The molecule has 1 saturated heterocycles. The number of nitrogens with one attached hydrogen (secondary N) is 1. The molecule has 0 aliphatic carbocycles. The van der Waals surface area contributed by atoms with E-state index in [1.165, 1.54) is 0 Å². The number of rotatable bonds is 9. The predicted molar refractivity (Wildman–Crippen MR) is 84.4 cm³/mol. The number of nitrogens with zero attached hydrogens (tertiary/aromatic N) is 2. The van der Waals surface area contributed by atoms with Crippen molar-refractivity contribution in [2.24, 2.45) is 0 Å². The number of hydrogen-bond donors (Lipinski definition) is 1. The standard InChI is InChI=1S/C14H31N3O2S/c1-5-16(6-2)14-8-10-17(12-14)20(18,19)11-7-9-15-13(3)4/h13-15H,5-12H2,1-4H3. The van der Waals surface area contributed by atoms with Crippen LogP contribution in [0.4, 0.5) is 0 Å². The first-order valence-corrected chi connectivity index (χ1v) is 9.46. The summed E-state index contributed by atoms with van der Waals surface area (Å²) in [6.45, 7) is 12.5. The van der Waals surface area contributed by atoms with Gasteiger partial charge in [-0.15, -0.1) is 0 Å². The summed E-state index contributed by atoms with van der Waals surface area (Å²) in [5.74, 6) is 0.262. The highest BCUT2D eigenvalue weighted by atomic mass is 32.2. The molecule has 20 heavy (non-hydrogen) atoms. The summed E-state index contributed by atoms with van der Waals surface area (Å²) in [7, 11) is -3.07. The molecule has 0 spiro atoms. The summed E-state index contributed by atoms with van der Waals surface area (Å²) in [5, 5.41) is 3.26. The van der Waals surface area contributed by atoms with Gasteiger partial charge in [-0.25, -0.2) is 12.7 Å². The molecule has 1 atom stereocenters. The highest BCUT2D eigenvalue weighted by molar-refractivity contribution is 7.89. The van der Waals surface area contributed by atoms with Crippen molar-refractivity contribution in [2.75, 3.05) is 38.5 Å². The minimum atomic E-state index is -3.07. The molecule has 1 unspecified atom stereocenters. The minimum Gasteiger partial charge on any atom is -0.314 e. The van der Waals surface area contributed by atoms with Crippen LogP contribution in [0.2, 0.25) is 0 Å². The Morgan fingerprint density at radius 1 is 1.30 bits per heavy atom. The molecule has 1 aliphatic rings. The van der Waals surface area contributed by atoms with Crippen LogP contribution in [-0.4, -0.2) is 68.2 Å². The van der Waals surface area contributed by atoms with E-state index < -0.39 is 10.0 Å². The van der Waals surface area contributed by atoms with Gasteiger partial charge in [-0.3, -0.25) is 4.90 Å². The van der Waals surface area contributed by atoms with Gasteiger partial charge in [-0.05, 0) is 32.5 Å². The van der Waals surface area contributed by atoms with Crippen LogP contribution >= 0.6 is 0 Å². The zero-order valence-electron chi connectivity index (χ0n) is 13.4. The molecular formula is C14H31N3O2S. The van der Waals surface area contributed by atoms with Gasteiger partial charge in [0.1, 0.15) is 0 Å². The van der Waals surface area contributed by atoms with Crippen molar-refractivity contribution in [2.45, 2.75) is 52.6 Å². The maximum absolute atomic E-state index is 12.3. The molecule has 0 saturated carbocycles. The average molecular weight is 305 g/mol. The van der Waals surface area contributed by atoms with Gasteiger partial charge < -0.3 is 5.32 Å². The quantitative estimate of drug-likeness (QED) is 0.649. The van der Waals surface area contributed by atoms with Crippen molar-refractivity contribution in [3.8, 4) is 0 Å². The lowest BCUT2D eigenvalue weighted by atomic mass is 10.2. The molecular weight excluding hydrogens is 274 g/mol. The molecule has 0 bridgehead atoms. The molecule has 0 aromatic carbocycles. The van der Waals surface area contributed by atoms with Crippen LogP contribution in [0.5, 0.6) is 0 Å². The molecule has 5 nitrogen and oxygen atoms in total. The van der Waals surface area contributed by atoms with E-state index in [9.17, 15) is 8.42 Å². The SMILES string of the molecule is CCN(CC)C1CCN(S(=O)(=O)CCCNC(C)C)C1. The molecule has 6 heteroatoms. The Balaban J connectivity index is 2.41. The largest absolute Gasteiger partial charge is 0.314 e. The summed E-state index contributed by atoms with van der Waals surface area (Å²) >= 11 is 0. The van der Waals surface area contributed by atoms with E-state index in [2.05, 4.69) is 37.9 Å². The van der Waals surface area contributed by atoms with Gasteiger partial charge in [0.15, 0.2) is 0 Å². The fourth-order valence-corrected chi connectivity index (χ4v) is 4.33. The Morgan fingerprint density at radius 2 is 1.95 bits per heavy atom. The lowest BCUT2D eigenvalue weighted by Crippen LogP contribution is -2.39. The molecule has 1 rings (SSSR count). The van der Waals surface area contributed by atoms with Crippen LogP contribution in [0.25, 0.3) is 0 Å². The topological polar surface area (TPSA) is 52.7 Å². The van der Waals surface area contributed by atoms with Crippen LogP contribution < -0.4 is 5.32 Å². The van der Waals surface area contributed by atoms with E-state index in [4.69, 9.17) is 0 Å². The highest BCUT2D eigenvalue weighted by Crippen LogP contribution is 2.19. The molecule has 120 valence electrons. The Hall–Kier alpha value is -0.170. The van der Waals surface area contributed by atoms with E-state index in [0.29, 0.717) is 31.6 Å². The number of likely N-dealkylation sites (N-methyl/N-ethyl adjacent to an activating group) is 1. The maximum atomic E-state index is 12.3. The molecule has 1 N–H and O–H groups in total. The average Bonchev–Trinajstić information content (AvgIpc) is 2.86. The zero-order valence-corrected chi connectivity index (χ0v) is 14.2. The summed E-state index contributed by atoms with van der Waals surface area (Å²) in [4.78, 5) is 2.36. The Bertz CT molecular complexity index is 367. The van der Waals surface area contributed by atoms with Crippen molar-refractivity contribution in [1.82, 2.24) is 14.5 Å². The first-order chi connectivity index (χ1) is 9.40. The van der Waals surface area contributed by atoms with Gasteiger partial charge in [0.2, 0.25) is 10.0 Å². The molecule has 0 amide bonds. The van der Waals surface area contributed by atoms with Gasteiger partial charge >= 0.3 is 0 Å². The van der Waals surface area contributed by atoms with Gasteiger partial charge in [0.25, 0.3) is 0 Å². The van der Waals surface area contributed by atoms with Gasteiger partial charge in [0, 0.05) is 25.2 Å². The third-order valence-corrected chi connectivity index (χ3v) is 5.90. The number of hydrogen-bond acceptors (Lipinski definition) is 4. The lowest BCUT2D eigenvalue weighted by Gasteiger charge is -2.26. The molecule has 0 aromatic rings. The Morgan fingerprint density at radius 3 is 2.50 bits per heavy atom. The number of sulfonamides is 1. The fourth-order valence-electron chi connectivity index (χ4n) is 2.78. The second-order valence-electron chi connectivity index (χ2n) is 5.80. The van der Waals surface area contributed by atoms with Crippen molar-refractivity contribution in [1.29, 1.82) is 0 Å². The second-order valence-corrected chi connectivity index (χ2v) is 7.89. The summed E-state index contributed by atoms with van der Waals surface area (Å²) in [5.41, 5.74) is 0. The molecule has 1 heterocycles. The summed E-state index contributed by atoms with van der Waals surface area (Å²) in [6, 6.07) is 0.810. The van der Waals surface area contributed by atoms with Crippen LogP contribution in [0.15, 0.2) is 0 Å². The van der Waals surface area contributed by atoms with E-state index in [1.54, 1.807) is 4.31 Å². The monoisotopic (exact) mass is 305 g/mol.